The third kappa shape index (κ3) is 2.93. The number of likely N-dealkylation sites (tertiary alicyclic amines) is 2. The van der Waals surface area contributed by atoms with Gasteiger partial charge in [-0.05, 0) is 32.1 Å². The maximum absolute atomic E-state index is 12.3. The van der Waals surface area contributed by atoms with E-state index < -0.39 is 0 Å². The van der Waals surface area contributed by atoms with Gasteiger partial charge in [0, 0.05) is 31.7 Å². The van der Waals surface area contributed by atoms with Crippen molar-refractivity contribution in [3.05, 3.63) is 0 Å². The topological polar surface area (TPSA) is 55.8 Å². The number of nitrogens with one attached hydrogen (secondary N) is 1. The molecule has 2 amide bonds. The summed E-state index contributed by atoms with van der Waals surface area (Å²) in [4.78, 5) is 16.7. The third-order valence-electron chi connectivity index (χ3n) is 5.24. The molecule has 2 aliphatic heterocycles. The molecule has 114 valence electrons. The lowest BCUT2D eigenvalue weighted by molar-refractivity contribution is 0.154. The molecule has 3 fully saturated rings. The molecule has 2 N–H and O–H groups in total. The Balaban J connectivity index is 1.47. The fraction of sp³-hybridized carbons (Fsp3) is 0.933. The van der Waals surface area contributed by atoms with Gasteiger partial charge in [0.25, 0.3) is 0 Å². The first-order valence-corrected chi connectivity index (χ1v) is 8.20. The van der Waals surface area contributed by atoms with Crippen LogP contribution in [0.25, 0.3) is 0 Å². The van der Waals surface area contributed by atoms with Crippen LogP contribution in [0, 0.1) is 0 Å². The molecule has 0 bridgehead atoms. The standard InChI is InChI=1S/C15H27N3O2/c19-11-14-6-3-8-18(14)15(20)16-12-7-9-17(10-12)13-4-1-2-5-13/h12-14,19H,1-11H2,(H,16,20)/t12?,14-/m1/s1. The van der Waals surface area contributed by atoms with Gasteiger partial charge in [0.15, 0.2) is 0 Å². The van der Waals surface area contributed by atoms with Crippen LogP contribution >= 0.6 is 0 Å². The minimum atomic E-state index is 0.0276. The number of urea groups is 1. The first-order chi connectivity index (χ1) is 9.78. The highest BCUT2D eigenvalue weighted by molar-refractivity contribution is 5.75. The largest absolute Gasteiger partial charge is 0.394 e. The Bertz CT molecular complexity index is 344. The summed E-state index contributed by atoms with van der Waals surface area (Å²) in [5.41, 5.74) is 0. The molecule has 0 aromatic rings. The van der Waals surface area contributed by atoms with Gasteiger partial charge in [-0.1, -0.05) is 12.8 Å². The molecular formula is C15H27N3O2. The molecule has 0 aromatic heterocycles. The van der Waals surface area contributed by atoms with E-state index in [2.05, 4.69) is 10.2 Å². The normalized spacial score (nSPS) is 32.1. The molecular weight excluding hydrogens is 254 g/mol. The Kier molecular flexibility index (Phi) is 4.46. The van der Waals surface area contributed by atoms with E-state index in [1.807, 2.05) is 4.90 Å². The predicted octanol–water partition coefficient (Wildman–Crippen LogP) is 1.17. The maximum atomic E-state index is 12.3. The van der Waals surface area contributed by atoms with Crippen LogP contribution in [-0.4, -0.2) is 65.3 Å². The van der Waals surface area contributed by atoms with E-state index in [9.17, 15) is 9.90 Å². The predicted molar refractivity (Wildman–Crippen MR) is 77.6 cm³/mol. The lowest BCUT2D eigenvalue weighted by Crippen LogP contribution is -2.48. The van der Waals surface area contributed by atoms with E-state index in [1.165, 1.54) is 25.7 Å². The van der Waals surface area contributed by atoms with Gasteiger partial charge in [-0.2, -0.15) is 0 Å². The van der Waals surface area contributed by atoms with Crippen LogP contribution in [0.15, 0.2) is 0 Å². The summed E-state index contributed by atoms with van der Waals surface area (Å²) in [5, 5.41) is 12.5. The van der Waals surface area contributed by atoms with E-state index in [4.69, 9.17) is 0 Å². The quantitative estimate of drug-likeness (QED) is 0.816. The Morgan fingerprint density at radius 1 is 1.10 bits per heavy atom. The van der Waals surface area contributed by atoms with Gasteiger partial charge in [0.05, 0.1) is 12.6 Å². The van der Waals surface area contributed by atoms with E-state index in [1.54, 1.807) is 0 Å². The summed E-state index contributed by atoms with van der Waals surface area (Å²) in [6, 6.07) is 1.11. The molecule has 2 saturated heterocycles. The molecule has 1 aliphatic carbocycles. The number of carbonyl (C=O) groups excluding carboxylic acids is 1. The van der Waals surface area contributed by atoms with Crippen molar-refractivity contribution in [2.75, 3.05) is 26.2 Å². The van der Waals surface area contributed by atoms with Crippen LogP contribution in [-0.2, 0) is 0 Å². The molecule has 1 unspecified atom stereocenters. The Morgan fingerprint density at radius 3 is 2.65 bits per heavy atom. The zero-order valence-corrected chi connectivity index (χ0v) is 12.3. The number of hydrogen-bond donors (Lipinski definition) is 2. The summed E-state index contributed by atoms with van der Waals surface area (Å²) in [7, 11) is 0. The monoisotopic (exact) mass is 281 g/mol. The van der Waals surface area contributed by atoms with Crippen LogP contribution < -0.4 is 5.32 Å². The SMILES string of the molecule is O=C(NC1CCN(C2CCCC2)C1)N1CCC[C@@H]1CO. The van der Waals surface area contributed by atoms with E-state index in [0.717, 1.165) is 44.9 Å². The highest BCUT2D eigenvalue weighted by Crippen LogP contribution is 2.26. The second-order valence-corrected chi connectivity index (χ2v) is 6.54. The summed E-state index contributed by atoms with van der Waals surface area (Å²) in [6.45, 7) is 3.01. The van der Waals surface area contributed by atoms with Gasteiger partial charge in [0.2, 0.25) is 0 Å². The average Bonchev–Trinajstić information content (AvgIpc) is 3.19. The van der Waals surface area contributed by atoms with Gasteiger partial charge < -0.3 is 15.3 Å². The molecule has 0 radical (unpaired) electrons. The molecule has 0 aromatic carbocycles. The van der Waals surface area contributed by atoms with Gasteiger partial charge in [-0.15, -0.1) is 0 Å². The number of carbonyl (C=O) groups is 1. The van der Waals surface area contributed by atoms with Crippen molar-refractivity contribution in [2.45, 2.75) is 63.1 Å². The van der Waals surface area contributed by atoms with Gasteiger partial charge in [0.1, 0.15) is 0 Å². The van der Waals surface area contributed by atoms with Crippen LogP contribution in [0.5, 0.6) is 0 Å². The zero-order chi connectivity index (χ0) is 13.9. The number of nitrogens with zero attached hydrogens (tertiary/aromatic N) is 2. The highest BCUT2D eigenvalue weighted by Gasteiger charge is 2.33. The van der Waals surface area contributed by atoms with E-state index >= 15 is 0 Å². The van der Waals surface area contributed by atoms with Crippen molar-refractivity contribution in [3.63, 3.8) is 0 Å². The van der Waals surface area contributed by atoms with Crippen molar-refractivity contribution in [2.24, 2.45) is 0 Å². The summed E-state index contributed by atoms with van der Waals surface area (Å²) < 4.78 is 0. The van der Waals surface area contributed by atoms with Crippen molar-refractivity contribution in [1.29, 1.82) is 0 Å². The van der Waals surface area contributed by atoms with Gasteiger partial charge >= 0.3 is 6.03 Å². The fourth-order valence-electron chi connectivity index (χ4n) is 4.06. The van der Waals surface area contributed by atoms with Crippen molar-refractivity contribution in [3.8, 4) is 0 Å². The number of rotatable bonds is 3. The molecule has 5 heteroatoms. The molecule has 3 rings (SSSR count). The van der Waals surface area contributed by atoms with Crippen LogP contribution in [0.4, 0.5) is 4.79 Å². The molecule has 0 spiro atoms. The van der Waals surface area contributed by atoms with Crippen molar-refractivity contribution < 1.29 is 9.90 Å². The first-order valence-electron chi connectivity index (χ1n) is 8.20. The number of aliphatic hydroxyl groups is 1. The Morgan fingerprint density at radius 2 is 1.90 bits per heavy atom. The summed E-state index contributed by atoms with van der Waals surface area (Å²) in [6.07, 6.45) is 8.41. The van der Waals surface area contributed by atoms with E-state index in [-0.39, 0.29) is 18.7 Å². The number of aliphatic hydroxyl groups excluding tert-OH is 1. The summed E-state index contributed by atoms with van der Waals surface area (Å²) in [5.74, 6) is 0. The molecule has 5 nitrogen and oxygen atoms in total. The molecule has 3 aliphatic rings. The van der Waals surface area contributed by atoms with Crippen molar-refractivity contribution in [1.82, 2.24) is 15.1 Å². The lowest BCUT2D eigenvalue weighted by Gasteiger charge is -2.26. The van der Waals surface area contributed by atoms with Gasteiger partial charge in [-0.3, -0.25) is 4.90 Å². The highest BCUT2D eigenvalue weighted by atomic mass is 16.3. The maximum Gasteiger partial charge on any atom is 0.317 e. The summed E-state index contributed by atoms with van der Waals surface area (Å²) >= 11 is 0. The fourth-order valence-corrected chi connectivity index (χ4v) is 4.06. The number of hydrogen-bond acceptors (Lipinski definition) is 3. The second kappa shape index (κ2) is 6.31. The molecule has 2 atom stereocenters. The average molecular weight is 281 g/mol. The van der Waals surface area contributed by atoms with Crippen LogP contribution in [0.2, 0.25) is 0 Å². The zero-order valence-electron chi connectivity index (χ0n) is 12.3. The smallest absolute Gasteiger partial charge is 0.317 e. The van der Waals surface area contributed by atoms with Gasteiger partial charge in [-0.25, -0.2) is 4.79 Å². The molecule has 1 saturated carbocycles. The first kappa shape index (κ1) is 14.1. The van der Waals surface area contributed by atoms with E-state index in [0.29, 0.717) is 6.04 Å². The Labute approximate surface area is 121 Å². The third-order valence-corrected chi connectivity index (χ3v) is 5.24. The van der Waals surface area contributed by atoms with Crippen molar-refractivity contribution >= 4 is 6.03 Å². The molecule has 20 heavy (non-hydrogen) atoms. The number of amides is 2. The lowest BCUT2D eigenvalue weighted by atomic mass is 10.2. The van der Waals surface area contributed by atoms with Crippen LogP contribution in [0.3, 0.4) is 0 Å². The second-order valence-electron chi connectivity index (χ2n) is 6.54. The minimum Gasteiger partial charge on any atom is -0.394 e. The Hall–Kier alpha value is -0.810. The van der Waals surface area contributed by atoms with Crippen LogP contribution in [0.1, 0.15) is 44.9 Å². The minimum absolute atomic E-state index is 0.0276. The molecule has 2 heterocycles.